The van der Waals surface area contributed by atoms with Crippen molar-refractivity contribution in [2.24, 2.45) is 5.92 Å². The number of carbonyl (C=O) groups excluding carboxylic acids is 1. The molecule has 1 amide bonds. The van der Waals surface area contributed by atoms with E-state index in [4.69, 9.17) is 11.6 Å². The summed E-state index contributed by atoms with van der Waals surface area (Å²) in [5.41, 5.74) is 0.634. The summed E-state index contributed by atoms with van der Waals surface area (Å²) in [4.78, 5) is 12.6. The van der Waals surface area contributed by atoms with Crippen molar-refractivity contribution in [3.63, 3.8) is 0 Å². The van der Waals surface area contributed by atoms with Crippen LogP contribution in [0.1, 0.15) is 31.7 Å². The zero-order valence-electron chi connectivity index (χ0n) is 16.0. The highest BCUT2D eigenvalue weighted by atomic mass is 35.5. The van der Waals surface area contributed by atoms with Gasteiger partial charge in [0.2, 0.25) is 21.1 Å². The van der Waals surface area contributed by atoms with Crippen molar-refractivity contribution < 1.29 is 13.2 Å². The molecule has 0 radical (unpaired) electrons. The standard InChI is InChI=1S/C18H23ClN4O3S3/c1-2-9-27-18-22-21-17(28-18)20-16(24)14-6-4-8-23(11-14)29(25,26)12-13-5-3-7-15(19)10-13/h3,5,7,10,14H,2,4,6,8-9,11-12H2,1H3,(H,20,21,24)/t14-/m0/s1. The first-order valence-corrected chi connectivity index (χ1v) is 13.2. The number of thioether (sulfide) groups is 1. The molecule has 1 aliphatic rings. The van der Waals surface area contributed by atoms with Crippen LogP contribution in [-0.4, -0.2) is 47.7 Å². The number of piperidine rings is 1. The average Bonchev–Trinajstić information content (AvgIpc) is 3.13. The van der Waals surface area contributed by atoms with Gasteiger partial charge in [-0.2, -0.15) is 0 Å². The number of sulfonamides is 1. The molecule has 1 aliphatic heterocycles. The molecule has 7 nitrogen and oxygen atoms in total. The third kappa shape index (κ3) is 6.39. The quantitative estimate of drug-likeness (QED) is 0.461. The van der Waals surface area contributed by atoms with Gasteiger partial charge in [0.25, 0.3) is 0 Å². The molecule has 0 aliphatic carbocycles. The third-order valence-electron chi connectivity index (χ3n) is 4.45. The summed E-state index contributed by atoms with van der Waals surface area (Å²) in [7, 11) is -3.53. The molecular weight excluding hydrogens is 452 g/mol. The third-order valence-corrected chi connectivity index (χ3v) is 8.68. The van der Waals surface area contributed by atoms with Gasteiger partial charge < -0.3 is 5.32 Å². The smallest absolute Gasteiger partial charge is 0.230 e. The van der Waals surface area contributed by atoms with Gasteiger partial charge in [-0.3, -0.25) is 4.79 Å². The maximum atomic E-state index is 12.8. The van der Waals surface area contributed by atoms with Crippen LogP contribution < -0.4 is 5.32 Å². The second-order valence-electron chi connectivity index (χ2n) is 6.79. The maximum Gasteiger partial charge on any atom is 0.230 e. The van der Waals surface area contributed by atoms with Crippen molar-refractivity contribution in [3.8, 4) is 0 Å². The van der Waals surface area contributed by atoms with Crippen molar-refractivity contribution >= 4 is 55.8 Å². The molecule has 2 aromatic rings. The lowest BCUT2D eigenvalue weighted by molar-refractivity contribution is -0.120. The predicted octanol–water partition coefficient (Wildman–Crippen LogP) is 3.87. The van der Waals surface area contributed by atoms with Gasteiger partial charge in [0.15, 0.2) is 4.34 Å². The highest BCUT2D eigenvalue weighted by Gasteiger charge is 2.32. The number of rotatable bonds is 8. The molecule has 1 saturated heterocycles. The van der Waals surface area contributed by atoms with E-state index in [1.807, 2.05) is 0 Å². The van der Waals surface area contributed by atoms with E-state index in [-0.39, 0.29) is 18.2 Å². The Kier molecular flexibility index (Phi) is 7.92. The molecule has 29 heavy (non-hydrogen) atoms. The molecule has 1 aromatic carbocycles. The average molecular weight is 475 g/mol. The number of hydrogen-bond acceptors (Lipinski definition) is 7. The summed E-state index contributed by atoms with van der Waals surface area (Å²) >= 11 is 8.90. The van der Waals surface area contributed by atoms with Gasteiger partial charge in [0, 0.05) is 23.9 Å². The van der Waals surface area contributed by atoms with E-state index < -0.39 is 15.9 Å². The minimum atomic E-state index is -3.53. The van der Waals surface area contributed by atoms with Crippen molar-refractivity contribution in [2.45, 2.75) is 36.3 Å². The predicted molar refractivity (Wildman–Crippen MR) is 118 cm³/mol. The van der Waals surface area contributed by atoms with Gasteiger partial charge in [0.1, 0.15) is 0 Å². The number of aromatic nitrogens is 2. The van der Waals surface area contributed by atoms with Crippen LogP contribution in [0, 0.1) is 5.92 Å². The van der Waals surface area contributed by atoms with Crippen LogP contribution in [0.5, 0.6) is 0 Å². The van der Waals surface area contributed by atoms with Crippen LogP contribution >= 0.6 is 34.7 Å². The number of nitrogens with zero attached hydrogens (tertiary/aromatic N) is 3. The molecular formula is C18H23ClN4O3S3. The monoisotopic (exact) mass is 474 g/mol. The molecule has 1 fully saturated rings. The SMILES string of the molecule is CCCSc1nnc(NC(=O)[C@H]2CCCN(S(=O)(=O)Cc3cccc(Cl)c3)C2)s1. The van der Waals surface area contributed by atoms with E-state index in [0.717, 1.165) is 16.5 Å². The summed E-state index contributed by atoms with van der Waals surface area (Å²) in [5.74, 6) is 0.199. The Morgan fingerprint density at radius 1 is 1.41 bits per heavy atom. The van der Waals surface area contributed by atoms with E-state index in [2.05, 4.69) is 22.4 Å². The molecule has 1 atom stereocenters. The van der Waals surface area contributed by atoms with Gasteiger partial charge >= 0.3 is 0 Å². The summed E-state index contributed by atoms with van der Waals surface area (Å²) in [6.07, 6.45) is 2.32. The zero-order valence-corrected chi connectivity index (χ0v) is 19.2. The number of nitrogens with one attached hydrogen (secondary N) is 1. The van der Waals surface area contributed by atoms with Gasteiger partial charge in [-0.15, -0.1) is 10.2 Å². The van der Waals surface area contributed by atoms with Crippen LogP contribution in [-0.2, 0) is 20.6 Å². The molecule has 0 spiro atoms. The number of hydrogen-bond donors (Lipinski definition) is 1. The molecule has 158 valence electrons. The molecule has 11 heteroatoms. The Bertz CT molecular complexity index is 951. The molecule has 3 rings (SSSR count). The first kappa shape index (κ1) is 22.5. The van der Waals surface area contributed by atoms with Crippen molar-refractivity contribution in [1.29, 1.82) is 0 Å². The van der Waals surface area contributed by atoms with E-state index in [0.29, 0.717) is 35.1 Å². The highest BCUT2D eigenvalue weighted by molar-refractivity contribution is 8.01. The number of anilines is 1. The van der Waals surface area contributed by atoms with E-state index in [9.17, 15) is 13.2 Å². The lowest BCUT2D eigenvalue weighted by Gasteiger charge is -2.31. The zero-order chi connectivity index (χ0) is 20.9. The minimum absolute atomic E-state index is 0.129. The van der Waals surface area contributed by atoms with Gasteiger partial charge in [-0.05, 0) is 37.0 Å². The van der Waals surface area contributed by atoms with Crippen LogP contribution in [0.2, 0.25) is 5.02 Å². The number of halogens is 1. The molecule has 2 heterocycles. The molecule has 0 bridgehead atoms. The summed E-state index contributed by atoms with van der Waals surface area (Å²) in [6, 6.07) is 6.82. The highest BCUT2D eigenvalue weighted by Crippen LogP contribution is 2.28. The maximum absolute atomic E-state index is 12.8. The lowest BCUT2D eigenvalue weighted by atomic mass is 9.99. The Hall–Kier alpha value is -1.20. The fourth-order valence-electron chi connectivity index (χ4n) is 3.05. The number of amides is 1. The lowest BCUT2D eigenvalue weighted by Crippen LogP contribution is -2.44. The Morgan fingerprint density at radius 3 is 3.00 bits per heavy atom. The molecule has 0 unspecified atom stereocenters. The molecule has 0 saturated carbocycles. The molecule has 1 aromatic heterocycles. The number of benzene rings is 1. The summed E-state index contributed by atoms with van der Waals surface area (Å²) < 4.78 is 27.9. The van der Waals surface area contributed by atoms with Crippen molar-refractivity contribution in [3.05, 3.63) is 34.9 Å². The van der Waals surface area contributed by atoms with Gasteiger partial charge in [-0.25, -0.2) is 12.7 Å². The Labute approximate surface area is 184 Å². The van der Waals surface area contributed by atoms with Crippen molar-refractivity contribution in [2.75, 3.05) is 24.2 Å². The summed E-state index contributed by atoms with van der Waals surface area (Å²) in [6.45, 7) is 2.68. The van der Waals surface area contributed by atoms with Crippen LogP contribution in [0.15, 0.2) is 28.6 Å². The van der Waals surface area contributed by atoms with Crippen LogP contribution in [0.25, 0.3) is 0 Å². The van der Waals surface area contributed by atoms with Gasteiger partial charge in [-0.1, -0.05) is 53.8 Å². The van der Waals surface area contributed by atoms with Crippen molar-refractivity contribution in [1.82, 2.24) is 14.5 Å². The van der Waals surface area contributed by atoms with Crippen LogP contribution in [0.4, 0.5) is 5.13 Å². The fraction of sp³-hybridized carbons (Fsp3) is 0.500. The van der Waals surface area contributed by atoms with Crippen LogP contribution in [0.3, 0.4) is 0 Å². The fourth-order valence-corrected chi connectivity index (χ4v) is 6.54. The molecule has 1 N–H and O–H groups in total. The summed E-state index contributed by atoms with van der Waals surface area (Å²) in [5, 5.41) is 11.8. The largest absolute Gasteiger partial charge is 0.300 e. The number of carbonyl (C=O) groups is 1. The topological polar surface area (TPSA) is 92.3 Å². The van der Waals surface area contributed by atoms with Gasteiger partial charge in [0.05, 0.1) is 11.7 Å². The minimum Gasteiger partial charge on any atom is -0.300 e. The first-order chi connectivity index (χ1) is 13.9. The van der Waals surface area contributed by atoms with E-state index >= 15 is 0 Å². The normalized spacial score (nSPS) is 17.9. The second-order valence-corrected chi connectivity index (χ2v) is 11.5. The Balaban J connectivity index is 1.60. The second kappa shape index (κ2) is 10.2. The first-order valence-electron chi connectivity index (χ1n) is 9.37. The van der Waals surface area contributed by atoms with E-state index in [1.54, 1.807) is 36.0 Å². The van der Waals surface area contributed by atoms with E-state index in [1.165, 1.54) is 15.6 Å². The Morgan fingerprint density at radius 2 is 2.24 bits per heavy atom.